The Hall–Kier alpha value is -1.58. The van der Waals surface area contributed by atoms with E-state index in [-0.39, 0.29) is 0 Å². The molecule has 0 bridgehead atoms. The summed E-state index contributed by atoms with van der Waals surface area (Å²) in [6.45, 7) is 1.22. The van der Waals surface area contributed by atoms with Crippen molar-refractivity contribution in [3.8, 4) is 5.75 Å². The number of halogens is 1. The third-order valence-electron chi connectivity index (χ3n) is 2.71. The molecule has 0 amide bonds. The van der Waals surface area contributed by atoms with Gasteiger partial charge in [-0.2, -0.15) is 0 Å². The van der Waals surface area contributed by atoms with Crippen molar-refractivity contribution in [3.05, 3.63) is 58.9 Å². The average molecular weight is 278 g/mol. The van der Waals surface area contributed by atoms with Crippen LogP contribution in [0.2, 0.25) is 5.15 Å². The van der Waals surface area contributed by atoms with Crippen molar-refractivity contribution in [2.75, 3.05) is 13.7 Å². The summed E-state index contributed by atoms with van der Waals surface area (Å²) in [7, 11) is 1.71. The van der Waals surface area contributed by atoms with Crippen LogP contribution in [0.25, 0.3) is 0 Å². The highest BCUT2D eigenvalue weighted by molar-refractivity contribution is 6.29. The van der Waals surface area contributed by atoms with Gasteiger partial charge >= 0.3 is 0 Å². The molecule has 0 N–H and O–H groups in total. The number of ether oxygens (including phenoxy) is 2. The molecule has 0 aliphatic rings. The molecule has 100 valence electrons. The second-order valence-electron chi connectivity index (χ2n) is 4.16. The van der Waals surface area contributed by atoms with E-state index in [1.807, 2.05) is 30.3 Å². The van der Waals surface area contributed by atoms with E-state index in [0.29, 0.717) is 11.8 Å². The molecule has 2 aromatic rings. The monoisotopic (exact) mass is 277 g/mol. The van der Waals surface area contributed by atoms with Crippen LogP contribution >= 0.6 is 11.6 Å². The molecule has 0 spiro atoms. The van der Waals surface area contributed by atoms with Gasteiger partial charge in [-0.15, -0.1) is 0 Å². The van der Waals surface area contributed by atoms with Gasteiger partial charge in [0.05, 0.1) is 6.61 Å². The first kappa shape index (κ1) is 13.8. The minimum absolute atomic E-state index is 0.482. The Morgan fingerprint density at radius 2 is 1.89 bits per heavy atom. The van der Waals surface area contributed by atoms with E-state index in [1.165, 1.54) is 5.56 Å². The summed E-state index contributed by atoms with van der Waals surface area (Å²) in [6, 6.07) is 11.7. The molecule has 0 unspecified atom stereocenters. The summed E-state index contributed by atoms with van der Waals surface area (Å²) >= 11 is 5.82. The number of pyridine rings is 1. The van der Waals surface area contributed by atoms with Gasteiger partial charge in [0, 0.05) is 13.3 Å². The zero-order valence-electron chi connectivity index (χ0n) is 10.8. The van der Waals surface area contributed by atoms with Crippen molar-refractivity contribution in [2.45, 2.75) is 13.0 Å². The van der Waals surface area contributed by atoms with Crippen LogP contribution in [-0.4, -0.2) is 18.7 Å². The minimum atomic E-state index is 0.482. The summed E-state index contributed by atoms with van der Waals surface area (Å²) < 4.78 is 10.7. The van der Waals surface area contributed by atoms with Gasteiger partial charge in [-0.05, 0) is 41.8 Å². The van der Waals surface area contributed by atoms with Gasteiger partial charge in [-0.3, -0.25) is 0 Å². The van der Waals surface area contributed by atoms with Gasteiger partial charge in [0.15, 0.2) is 0 Å². The standard InChI is InChI=1S/C15H16ClNO2/c1-18-9-7-12-2-4-14(5-3-12)19-11-13-6-8-17-15(16)10-13/h2-6,8,10H,7,9,11H2,1H3. The van der Waals surface area contributed by atoms with Crippen LogP contribution in [0.1, 0.15) is 11.1 Å². The van der Waals surface area contributed by atoms with E-state index in [0.717, 1.165) is 24.3 Å². The summed E-state index contributed by atoms with van der Waals surface area (Å²) in [5.41, 5.74) is 2.24. The third-order valence-corrected chi connectivity index (χ3v) is 2.92. The normalized spacial score (nSPS) is 10.4. The van der Waals surface area contributed by atoms with E-state index in [4.69, 9.17) is 21.1 Å². The van der Waals surface area contributed by atoms with E-state index in [1.54, 1.807) is 19.4 Å². The van der Waals surface area contributed by atoms with Gasteiger partial charge in [-0.25, -0.2) is 4.98 Å². The maximum atomic E-state index is 5.82. The van der Waals surface area contributed by atoms with Crippen LogP contribution in [0.4, 0.5) is 0 Å². The van der Waals surface area contributed by atoms with Gasteiger partial charge in [0.2, 0.25) is 0 Å². The van der Waals surface area contributed by atoms with Crippen molar-refractivity contribution in [3.63, 3.8) is 0 Å². The molecule has 1 aromatic heterocycles. The molecule has 4 heteroatoms. The van der Waals surface area contributed by atoms with Crippen LogP contribution in [0.5, 0.6) is 5.75 Å². The molecule has 3 nitrogen and oxygen atoms in total. The Bertz CT molecular complexity index is 514. The minimum Gasteiger partial charge on any atom is -0.489 e. The largest absolute Gasteiger partial charge is 0.489 e. The summed E-state index contributed by atoms with van der Waals surface area (Å²) in [5, 5.41) is 0.482. The van der Waals surface area contributed by atoms with E-state index in [2.05, 4.69) is 4.98 Å². The highest BCUT2D eigenvalue weighted by atomic mass is 35.5. The van der Waals surface area contributed by atoms with Crippen molar-refractivity contribution < 1.29 is 9.47 Å². The number of rotatable bonds is 6. The van der Waals surface area contributed by atoms with Gasteiger partial charge < -0.3 is 9.47 Å². The highest BCUT2D eigenvalue weighted by Gasteiger charge is 1.98. The second kappa shape index (κ2) is 7.12. The van der Waals surface area contributed by atoms with Gasteiger partial charge in [0.1, 0.15) is 17.5 Å². The first-order valence-corrected chi connectivity index (χ1v) is 6.47. The first-order valence-electron chi connectivity index (χ1n) is 6.09. The van der Waals surface area contributed by atoms with E-state index >= 15 is 0 Å². The van der Waals surface area contributed by atoms with Crippen molar-refractivity contribution in [1.82, 2.24) is 4.98 Å². The fraction of sp³-hybridized carbons (Fsp3) is 0.267. The highest BCUT2D eigenvalue weighted by Crippen LogP contribution is 2.15. The lowest BCUT2D eigenvalue weighted by Crippen LogP contribution is -1.97. The molecule has 0 radical (unpaired) electrons. The lowest BCUT2D eigenvalue weighted by Gasteiger charge is -2.07. The lowest BCUT2D eigenvalue weighted by molar-refractivity contribution is 0.202. The number of hydrogen-bond acceptors (Lipinski definition) is 3. The molecule has 0 atom stereocenters. The van der Waals surface area contributed by atoms with Crippen molar-refractivity contribution in [1.29, 1.82) is 0 Å². The molecular formula is C15H16ClNO2. The maximum absolute atomic E-state index is 5.82. The molecule has 2 rings (SSSR count). The number of hydrogen-bond donors (Lipinski definition) is 0. The fourth-order valence-electron chi connectivity index (χ4n) is 1.67. The third kappa shape index (κ3) is 4.54. The zero-order valence-corrected chi connectivity index (χ0v) is 11.6. The van der Waals surface area contributed by atoms with Gasteiger partial charge in [0.25, 0.3) is 0 Å². The smallest absolute Gasteiger partial charge is 0.129 e. The van der Waals surface area contributed by atoms with Crippen LogP contribution < -0.4 is 4.74 Å². The molecule has 0 fully saturated rings. The molecule has 0 aliphatic heterocycles. The maximum Gasteiger partial charge on any atom is 0.129 e. The predicted octanol–water partition coefficient (Wildman–Crippen LogP) is 3.50. The van der Waals surface area contributed by atoms with E-state index < -0.39 is 0 Å². The lowest BCUT2D eigenvalue weighted by atomic mass is 10.1. The fourth-order valence-corrected chi connectivity index (χ4v) is 1.87. The molecule has 19 heavy (non-hydrogen) atoms. The summed E-state index contributed by atoms with van der Waals surface area (Å²) in [6.07, 6.45) is 2.59. The number of methoxy groups -OCH3 is 1. The second-order valence-corrected chi connectivity index (χ2v) is 4.55. The Kier molecular flexibility index (Phi) is 5.19. The Morgan fingerprint density at radius 1 is 1.11 bits per heavy atom. The first-order chi connectivity index (χ1) is 9.28. The molecule has 1 aromatic carbocycles. The SMILES string of the molecule is COCCc1ccc(OCc2ccnc(Cl)c2)cc1. The molecule has 0 saturated carbocycles. The molecule has 0 saturated heterocycles. The predicted molar refractivity (Wildman–Crippen MR) is 75.6 cm³/mol. The topological polar surface area (TPSA) is 31.4 Å². The average Bonchev–Trinajstić information content (AvgIpc) is 2.44. The Morgan fingerprint density at radius 3 is 2.58 bits per heavy atom. The van der Waals surface area contributed by atoms with Crippen molar-refractivity contribution >= 4 is 11.6 Å². The number of nitrogens with zero attached hydrogens (tertiary/aromatic N) is 1. The number of benzene rings is 1. The quantitative estimate of drug-likeness (QED) is 0.757. The molecular weight excluding hydrogens is 262 g/mol. The Balaban J connectivity index is 1.89. The van der Waals surface area contributed by atoms with Crippen molar-refractivity contribution in [2.24, 2.45) is 0 Å². The molecule has 0 aliphatic carbocycles. The molecule has 1 heterocycles. The number of aromatic nitrogens is 1. The van der Waals surface area contributed by atoms with Crippen LogP contribution in [0.3, 0.4) is 0 Å². The van der Waals surface area contributed by atoms with E-state index in [9.17, 15) is 0 Å². The summed E-state index contributed by atoms with van der Waals surface area (Å²) in [5.74, 6) is 0.842. The van der Waals surface area contributed by atoms with Crippen LogP contribution in [-0.2, 0) is 17.8 Å². The zero-order chi connectivity index (χ0) is 13.5. The summed E-state index contributed by atoms with van der Waals surface area (Å²) in [4.78, 5) is 3.93. The van der Waals surface area contributed by atoms with Crippen LogP contribution in [0, 0.1) is 0 Å². The van der Waals surface area contributed by atoms with Crippen LogP contribution in [0.15, 0.2) is 42.6 Å². The Labute approximate surface area is 118 Å². The van der Waals surface area contributed by atoms with Gasteiger partial charge in [-0.1, -0.05) is 23.7 Å².